The van der Waals surface area contributed by atoms with Gasteiger partial charge in [-0.1, -0.05) is 43.5 Å². The molecule has 0 nitrogen and oxygen atoms in total. The highest BCUT2D eigenvalue weighted by atomic mass is 79.9. The molecule has 1 fully saturated rings. The minimum Gasteiger partial charge on any atom is -0.0937 e. The number of alkyl halides is 3. The Kier molecular flexibility index (Phi) is 1.72. The molecule has 1 aliphatic rings. The summed E-state index contributed by atoms with van der Waals surface area (Å²) < 4.78 is -0.292. The number of hydrogen-bond acceptors (Lipinski definition) is 0. The van der Waals surface area contributed by atoms with Crippen LogP contribution in [0.15, 0.2) is 0 Å². The third-order valence-electron chi connectivity index (χ3n) is 1.04. The van der Waals surface area contributed by atoms with E-state index >= 15 is 0 Å². The van der Waals surface area contributed by atoms with E-state index in [0.29, 0.717) is 5.92 Å². The van der Waals surface area contributed by atoms with Crippen molar-refractivity contribution < 1.29 is 0 Å². The standard InChI is InChI=1S/C4H5Br2Cl/c5-4(6,7)3-1-2-3/h3H,1-2H2. The van der Waals surface area contributed by atoms with Gasteiger partial charge in [0.25, 0.3) is 0 Å². The quantitative estimate of drug-likeness (QED) is 0.626. The van der Waals surface area contributed by atoms with Crippen LogP contribution in [-0.2, 0) is 0 Å². The van der Waals surface area contributed by atoms with Crippen molar-refractivity contribution in [2.45, 2.75) is 15.5 Å². The zero-order chi connectivity index (χ0) is 5.49. The highest BCUT2D eigenvalue weighted by Crippen LogP contribution is 2.51. The maximum Gasteiger partial charge on any atom is 0.156 e. The molecular weight excluding hydrogens is 243 g/mol. The molecule has 0 heterocycles. The average Bonchev–Trinajstić information content (AvgIpc) is 1.99. The maximum atomic E-state index is 5.76. The second kappa shape index (κ2) is 1.89. The highest BCUT2D eigenvalue weighted by molar-refractivity contribution is 9.26. The van der Waals surface area contributed by atoms with Gasteiger partial charge < -0.3 is 0 Å². The van der Waals surface area contributed by atoms with Crippen molar-refractivity contribution in [1.29, 1.82) is 0 Å². The van der Waals surface area contributed by atoms with E-state index < -0.39 is 0 Å². The van der Waals surface area contributed by atoms with Crippen LogP contribution < -0.4 is 0 Å². The first kappa shape index (κ1) is 6.37. The Hall–Kier alpha value is 1.25. The minimum atomic E-state index is -0.292. The first-order valence-electron chi connectivity index (χ1n) is 2.17. The summed E-state index contributed by atoms with van der Waals surface area (Å²) in [4.78, 5) is 0. The van der Waals surface area contributed by atoms with Gasteiger partial charge in [-0.25, -0.2) is 0 Å². The Labute approximate surface area is 64.9 Å². The van der Waals surface area contributed by atoms with E-state index in [1.165, 1.54) is 12.8 Å². The monoisotopic (exact) mass is 246 g/mol. The van der Waals surface area contributed by atoms with E-state index in [4.69, 9.17) is 11.6 Å². The molecule has 0 aromatic carbocycles. The smallest absolute Gasteiger partial charge is 0.0937 e. The average molecular weight is 248 g/mol. The largest absolute Gasteiger partial charge is 0.156 e. The van der Waals surface area contributed by atoms with E-state index in [9.17, 15) is 0 Å². The molecule has 7 heavy (non-hydrogen) atoms. The normalized spacial score (nSPS) is 22.7. The first-order chi connectivity index (χ1) is 3.11. The molecule has 1 saturated carbocycles. The molecule has 0 N–H and O–H groups in total. The Morgan fingerprint density at radius 1 is 1.43 bits per heavy atom. The molecule has 42 valence electrons. The molecule has 1 aliphatic carbocycles. The lowest BCUT2D eigenvalue weighted by Crippen LogP contribution is -2.01. The molecule has 0 unspecified atom stereocenters. The lowest BCUT2D eigenvalue weighted by atomic mass is 10.5. The molecule has 0 aromatic heterocycles. The molecule has 1 rings (SSSR count). The van der Waals surface area contributed by atoms with Gasteiger partial charge in [0, 0.05) is 0 Å². The van der Waals surface area contributed by atoms with E-state index in [2.05, 4.69) is 31.9 Å². The summed E-state index contributed by atoms with van der Waals surface area (Å²) in [5.41, 5.74) is 0. The van der Waals surface area contributed by atoms with Crippen LogP contribution in [-0.4, -0.2) is 2.69 Å². The van der Waals surface area contributed by atoms with Crippen molar-refractivity contribution in [1.82, 2.24) is 0 Å². The van der Waals surface area contributed by atoms with Crippen molar-refractivity contribution in [3.05, 3.63) is 0 Å². The number of hydrogen-bond donors (Lipinski definition) is 0. The Balaban J connectivity index is 2.36. The van der Waals surface area contributed by atoms with Crippen molar-refractivity contribution in [2.75, 3.05) is 0 Å². The van der Waals surface area contributed by atoms with Gasteiger partial charge in [0.05, 0.1) is 0 Å². The fraction of sp³-hybridized carbons (Fsp3) is 1.00. The second-order valence-electron chi connectivity index (χ2n) is 1.82. The summed E-state index contributed by atoms with van der Waals surface area (Å²) in [6.07, 6.45) is 2.50. The molecule has 3 heteroatoms. The SMILES string of the molecule is ClC(Br)(Br)C1CC1. The van der Waals surface area contributed by atoms with Gasteiger partial charge in [-0.2, -0.15) is 0 Å². The highest BCUT2D eigenvalue weighted by Gasteiger charge is 2.39. The van der Waals surface area contributed by atoms with Gasteiger partial charge in [0.2, 0.25) is 0 Å². The van der Waals surface area contributed by atoms with Crippen LogP contribution >= 0.6 is 43.5 Å². The van der Waals surface area contributed by atoms with Gasteiger partial charge >= 0.3 is 0 Å². The van der Waals surface area contributed by atoms with Crippen molar-refractivity contribution >= 4 is 43.5 Å². The third kappa shape index (κ3) is 1.90. The summed E-state index contributed by atoms with van der Waals surface area (Å²) in [6, 6.07) is 0. The topological polar surface area (TPSA) is 0 Å². The van der Waals surface area contributed by atoms with Crippen molar-refractivity contribution in [3.63, 3.8) is 0 Å². The molecule has 0 atom stereocenters. The molecule has 0 aromatic rings. The Morgan fingerprint density at radius 3 is 1.86 bits per heavy atom. The van der Waals surface area contributed by atoms with Crippen molar-refractivity contribution in [3.8, 4) is 0 Å². The van der Waals surface area contributed by atoms with Gasteiger partial charge in [-0.05, 0) is 18.8 Å². The number of halogens is 3. The van der Waals surface area contributed by atoms with Gasteiger partial charge in [-0.15, -0.1) is 0 Å². The maximum absolute atomic E-state index is 5.76. The molecule has 0 spiro atoms. The van der Waals surface area contributed by atoms with Crippen LogP contribution in [0.2, 0.25) is 0 Å². The Morgan fingerprint density at radius 2 is 1.86 bits per heavy atom. The van der Waals surface area contributed by atoms with Gasteiger partial charge in [0.15, 0.2) is 2.69 Å². The fourth-order valence-corrected chi connectivity index (χ4v) is 1.54. The van der Waals surface area contributed by atoms with Crippen LogP contribution in [0.3, 0.4) is 0 Å². The zero-order valence-electron chi connectivity index (χ0n) is 3.63. The van der Waals surface area contributed by atoms with Crippen LogP contribution in [0.5, 0.6) is 0 Å². The molecule has 0 bridgehead atoms. The van der Waals surface area contributed by atoms with E-state index in [1.54, 1.807) is 0 Å². The van der Waals surface area contributed by atoms with Crippen LogP contribution in [0, 0.1) is 5.92 Å². The molecule has 0 saturated heterocycles. The Bertz CT molecular complexity index is 72.2. The molecule has 0 amide bonds. The van der Waals surface area contributed by atoms with E-state index in [1.807, 2.05) is 0 Å². The second-order valence-corrected chi connectivity index (χ2v) is 6.89. The lowest BCUT2D eigenvalue weighted by Gasteiger charge is -2.06. The predicted octanol–water partition coefficient (Wildman–Crippen LogP) is 3.08. The summed E-state index contributed by atoms with van der Waals surface area (Å²) in [6.45, 7) is 0. The van der Waals surface area contributed by atoms with Crippen LogP contribution in [0.4, 0.5) is 0 Å². The fourth-order valence-electron chi connectivity index (χ4n) is 0.411. The number of rotatable bonds is 1. The van der Waals surface area contributed by atoms with Crippen LogP contribution in [0.25, 0.3) is 0 Å². The molecular formula is C4H5Br2Cl. The zero-order valence-corrected chi connectivity index (χ0v) is 7.55. The third-order valence-corrected chi connectivity index (χ3v) is 2.64. The van der Waals surface area contributed by atoms with Gasteiger partial charge in [-0.3, -0.25) is 0 Å². The lowest BCUT2D eigenvalue weighted by molar-refractivity contribution is 0.922. The minimum absolute atomic E-state index is 0.292. The summed E-state index contributed by atoms with van der Waals surface area (Å²) in [5.74, 6) is 0.647. The predicted molar refractivity (Wildman–Crippen MR) is 39.2 cm³/mol. The first-order valence-corrected chi connectivity index (χ1v) is 4.14. The summed E-state index contributed by atoms with van der Waals surface area (Å²) in [5, 5.41) is 0. The van der Waals surface area contributed by atoms with E-state index in [0.717, 1.165) is 0 Å². The van der Waals surface area contributed by atoms with Crippen LogP contribution in [0.1, 0.15) is 12.8 Å². The molecule has 0 aliphatic heterocycles. The molecule has 0 radical (unpaired) electrons. The van der Waals surface area contributed by atoms with E-state index in [-0.39, 0.29) is 2.69 Å². The van der Waals surface area contributed by atoms with Gasteiger partial charge in [0.1, 0.15) is 0 Å². The van der Waals surface area contributed by atoms with Crippen molar-refractivity contribution in [2.24, 2.45) is 5.92 Å². The summed E-state index contributed by atoms with van der Waals surface area (Å²) >= 11 is 12.3. The summed E-state index contributed by atoms with van der Waals surface area (Å²) in [7, 11) is 0.